The number of oxime groups is 1. The van der Waals surface area contributed by atoms with E-state index < -0.39 is 0 Å². The van der Waals surface area contributed by atoms with Crippen LogP contribution in [0.2, 0.25) is 0 Å². The smallest absolute Gasteiger partial charge is 0.151 e. The monoisotopic (exact) mass is 419 g/mol. The molecule has 0 N–H and O–H groups in total. The van der Waals surface area contributed by atoms with Gasteiger partial charge in [0.25, 0.3) is 0 Å². The number of piperazine rings is 1. The molecule has 0 aromatic heterocycles. The van der Waals surface area contributed by atoms with Gasteiger partial charge < -0.3 is 9.57 Å². The van der Waals surface area contributed by atoms with Gasteiger partial charge in [0.2, 0.25) is 0 Å². The lowest BCUT2D eigenvalue weighted by Gasteiger charge is -2.36. The summed E-state index contributed by atoms with van der Waals surface area (Å²) < 4.78 is 5.98. The summed E-state index contributed by atoms with van der Waals surface area (Å²) in [6.07, 6.45) is 6.02. The molecule has 5 rings (SSSR count). The van der Waals surface area contributed by atoms with Crippen LogP contribution in [0, 0.1) is 5.92 Å². The molecule has 1 aromatic carbocycles. The summed E-state index contributed by atoms with van der Waals surface area (Å²) in [5.74, 6) is 0.988. The van der Waals surface area contributed by atoms with Gasteiger partial charge in [-0.3, -0.25) is 9.80 Å². The maximum atomic E-state index is 5.98. The van der Waals surface area contributed by atoms with Crippen molar-refractivity contribution in [3.05, 3.63) is 65.1 Å². The summed E-state index contributed by atoms with van der Waals surface area (Å²) in [7, 11) is 0. The van der Waals surface area contributed by atoms with E-state index in [1.807, 2.05) is 6.08 Å². The first-order chi connectivity index (χ1) is 15.3. The molecule has 0 bridgehead atoms. The van der Waals surface area contributed by atoms with Gasteiger partial charge in [0.05, 0.1) is 24.2 Å². The molecule has 4 heterocycles. The van der Waals surface area contributed by atoms with Crippen molar-refractivity contribution in [3.8, 4) is 0 Å². The van der Waals surface area contributed by atoms with Crippen LogP contribution in [-0.2, 0) is 9.57 Å². The van der Waals surface area contributed by atoms with Crippen LogP contribution in [0.3, 0.4) is 0 Å². The summed E-state index contributed by atoms with van der Waals surface area (Å²) >= 11 is 0. The van der Waals surface area contributed by atoms with Crippen LogP contribution in [0.4, 0.5) is 0 Å². The normalized spacial score (nSPS) is 26.6. The Bertz CT molecular complexity index is 942. The van der Waals surface area contributed by atoms with Gasteiger partial charge in [-0.2, -0.15) is 10.2 Å². The van der Waals surface area contributed by atoms with Crippen LogP contribution in [0.5, 0.6) is 0 Å². The third-order valence-electron chi connectivity index (χ3n) is 6.26. The van der Waals surface area contributed by atoms with Crippen molar-refractivity contribution in [2.45, 2.75) is 13.0 Å². The largest absolute Gasteiger partial charge is 0.492 e. The first-order valence-electron chi connectivity index (χ1n) is 11.1. The Labute approximate surface area is 183 Å². The van der Waals surface area contributed by atoms with Crippen LogP contribution in [0.1, 0.15) is 12.5 Å². The minimum absolute atomic E-state index is 0.0314. The van der Waals surface area contributed by atoms with Crippen molar-refractivity contribution >= 4 is 11.8 Å². The van der Waals surface area contributed by atoms with Gasteiger partial charge in [-0.1, -0.05) is 47.1 Å². The van der Waals surface area contributed by atoms with Crippen LogP contribution in [0.25, 0.3) is 6.08 Å². The molecule has 0 radical (unpaired) electrons. The molecule has 0 amide bonds. The van der Waals surface area contributed by atoms with Crippen molar-refractivity contribution in [2.24, 2.45) is 21.3 Å². The minimum atomic E-state index is 0.0314. The molecule has 162 valence electrons. The highest BCUT2D eigenvalue weighted by Crippen LogP contribution is 2.34. The molecule has 2 saturated heterocycles. The molecule has 7 heteroatoms. The lowest BCUT2D eigenvalue weighted by Crippen LogP contribution is -2.50. The Morgan fingerprint density at radius 3 is 2.77 bits per heavy atom. The van der Waals surface area contributed by atoms with E-state index in [-0.39, 0.29) is 12.0 Å². The number of fused-ring (bicyclic) bond motifs is 3. The van der Waals surface area contributed by atoms with E-state index in [0.29, 0.717) is 13.2 Å². The van der Waals surface area contributed by atoms with Crippen LogP contribution in [0.15, 0.2) is 74.9 Å². The van der Waals surface area contributed by atoms with E-state index in [1.165, 1.54) is 11.1 Å². The van der Waals surface area contributed by atoms with E-state index in [4.69, 9.17) is 9.57 Å². The summed E-state index contributed by atoms with van der Waals surface area (Å²) in [5, 5.41) is 12.5. The van der Waals surface area contributed by atoms with Crippen molar-refractivity contribution in [1.82, 2.24) is 9.80 Å². The Kier molecular flexibility index (Phi) is 5.95. The Balaban J connectivity index is 1.12. The van der Waals surface area contributed by atoms with E-state index in [0.717, 1.165) is 56.3 Å². The second-order valence-corrected chi connectivity index (χ2v) is 8.57. The number of hydrogen-bond acceptors (Lipinski definition) is 7. The summed E-state index contributed by atoms with van der Waals surface area (Å²) in [6, 6.07) is 10.5. The van der Waals surface area contributed by atoms with Gasteiger partial charge in [-0.25, -0.2) is 0 Å². The molecular formula is C24H29N5O2. The maximum Gasteiger partial charge on any atom is 0.151 e. The van der Waals surface area contributed by atoms with Gasteiger partial charge in [0.15, 0.2) is 6.10 Å². The molecular weight excluding hydrogens is 390 g/mol. The number of ether oxygens (including phenoxy) is 1. The Morgan fingerprint density at radius 2 is 1.94 bits per heavy atom. The zero-order valence-corrected chi connectivity index (χ0v) is 18.0. The zero-order valence-electron chi connectivity index (χ0n) is 18.0. The molecule has 4 aliphatic heterocycles. The Morgan fingerprint density at radius 1 is 1.13 bits per heavy atom. The molecule has 7 nitrogen and oxygen atoms in total. The fraction of sp³-hybridized carbons (Fsp3) is 0.458. The lowest BCUT2D eigenvalue weighted by molar-refractivity contribution is 0.00458. The molecule has 2 atom stereocenters. The van der Waals surface area contributed by atoms with Gasteiger partial charge in [0.1, 0.15) is 18.1 Å². The van der Waals surface area contributed by atoms with E-state index in [9.17, 15) is 0 Å². The second kappa shape index (κ2) is 9.16. The number of nitrogens with zero attached hydrogens (tertiary/aromatic N) is 5. The van der Waals surface area contributed by atoms with E-state index >= 15 is 0 Å². The predicted octanol–water partition coefficient (Wildman–Crippen LogP) is 3.34. The first-order valence-corrected chi connectivity index (χ1v) is 11.1. The molecule has 1 aromatic rings. The van der Waals surface area contributed by atoms with Crippen LogP contribution < -0.4 is 0 Å². The van der Waals surface area contributed by atoms with Crippen LogP contribution >= 0.6 is 0 Å². The number of hydrogen-bond donors (Lipinski definition) is 0. The fourth-order valence-electron chi connectivity index (χ4n) is 4.61. The highest BCUT2D eigenvalue weighted by atomic mass is 16.6. The van der Waals surface area contributed by atoms with Crippen molar-refractivity contribution in [3.63, 3.8) is 0 Å². The fourth-order valence-corrected chi connectivity index (χ4v) is 4.61. The Hall–Kier alpha value is -2.77. The minimum Gasteiger partial charge on any atom is -0.492 e. The van der Waals surface area contributed by atoms with Crippen molar-refractivity contribution in [1.29, 1.82) is 0 Å². The number of azo groups is 1. The molecule has 31 heavy (non-hydrogen) atoms. The maximum absolute atomic E-state index is 5.98. The average molecular weight is 420 g/mol. The molecule has 2 fully saturated rings. The third kappa shape index (κ3) is 4.62. The first kappa shape index (κ1) is 20.2. The third-order valence-corrected chi connectivity index (χ3v) is 6.26. The van der Waals surface area contributed by atoms with Crippen molar-refractivity contribution in [2.75, 3.05) is 52.4 Å². The number of allylic oxidation sites excluding steroid dienone is 1. The van der Waals surface area contributed by atoms with E-state index in [2.05, 4.69) is 68.5 Å². The zero-order chi connectivity index (χ0) is 21.0. The average Bonchev–Trinajstić information content (AvgIpc) is 3.03. The molecule has 2 unspecified atom stereocenters. The number of rotatable bonds is 5. The van der Waals surface area contributed by atoms with Gasteiger partial charge in [0, 0.05) is 39.3 Å². The lowest BCUT2D eigenvalue weighted by atomic mass is 9.89. The SMILES string of the molecule is C/C(=C\c1ccccc1)CN1CCN(CC2ON=C3C4=CN=NCC=C4OCC32)CC1. The summed E-state index contributed by atoms with van der Waals surface area (Å²) in [4.78, 5) is 10.9. The standard InChI is InChI=1S/C24H29N5O2/c1-18(13-19-5-3-2-4-6-19)15-28-9-11-29(12-10-28)16-23-21-17-30-22-7-8-25-26-14-20(22)24(21)27-31-23/h2-7,13-14,21,23H,8-12,15-17H2,1H3/b18-13+. The second-order valence-electron chi connectivity index (χ2n) is 8.57. The number of benzene rings is 1. The van der Waals surface area contributed by atoms with Gasteiger partial charge >= 0.3 is 0 Å². The molecule has 4 aliphatic rings. The van der Waals surface area contributed by atoms with Gasteiger partial charge in [-0.15, -0.1) is 0 Å². The predicted molar refractivity (Wildman–Crippen MR) is 121 cm³/mol. The summed E-state index contributed by atoms with van der Waals surface area (Å²) in [6.45, 7) is 9.49. The highest BCUT2D eigenvalue weighted by molar-refractivity contribution is 6.06. The quantitative estimate of drug-likeness (QED) is 0.734. The molecule has 0 spiro atoms. The van der Waals surface area contributed by atoms with Gasteiger partial charge in [-0.05, 0) is 18.6 Å². The van der Waals surface area contributed by atoms with Crippen LogP contribution in [-0.4, -0.2) is 74.0 Å². The molecule has 0 saturated carbocycles. The van der Waals surface area contributed by atoms with E-state index in [1.54, 1.807) is 6.20 Å². The highest BCUT2D eigenvalue weighted by Gasteiger charge is 2.42. The topological polar surface area (TPSA) is 62.0 Å². The summed E-state index contributed by atoms with van der Waals surface area (Å²) in [5.41, 5.74) is 4.55. The molecule has 0 aliphatic carbocycles. The van der Waals surface area contributed by atoms with Crippen molar-refractivity contribution < 1.29 is 9.57 Å².